The molecular formula is C119H107Ir5N7O3-6. The number of nitrogens with zero attached hydrogens (tertiary/aromatic N) is 7. The second-order valence-corrected chi connectivity index (χ2v) is 30.6. The number of carboxylic acid groups (broad SMARTS) is 1. The predicted molar refractivity (Wildman–Crippen MR) is 530 cm³/mol. The fraction of sp³-hybridized carbons (Fsp3) is 0.143. The summed E-state index contributed by atoms with van der Waals surface area (Å²) in [4.78, 5) is 39.6. The Balaban J connectivity index is 0.000000233. The minimum absolute atomic E-state index is 0. The Morgan fingerprint density at radius 2 is 0.597 bits per heavy atom. The smallest absolute Gasteiger partial charge is 0.354 e. The summed E-state index contributed by atoms with van der Waals surface area (Å²) in [5.41, 5.74) is 25.6. The van der Waals surface area contributed by atoms with Crippen LogP contribution in [0.4, 0.5) is 0 Å². The van der Waals surface area contributed by atoms with Crippen molar-refractivity contribution in [2.45, 2.75) is 111 Å². The molecule has 0 bridgehead atoms. The molecule has 0 amide bonds. The van der Waals surface area contributed by atoms with Crippen LogP contribution in [0.1, 0.15) is 131 Å². The quantitative estimate of drug-likeness (QED) is 0.0435. The van der Waals surface area contributed by atoms with Crippen molar-refractivity contribution in [2.24, 2.45) is 0 Å². The maximum atomic E-state index is 10.1. The number of carboxylic acids is 1. The van der Waals surface area contributed by atoms with E-state index in [0.717, 1.165) is 90.2 Å². The molecule has 0 aliphatic rings. The van der Waals surface area contributed by atoms with Gasteiger partial charge < -0.3 is 39.7 Å². The Labute approximate surface area is 860 Å². The van der Waals surface area contributed by atoms with E-state index in [1.165, 1.54) is 127 Å². The van der Waals surface area contributed by atoms with Crippen LogP contribution in [-0.4, -0.2) is 46.0 Å². The zero-order valence-electron chi connectivity index (χ0n) is 75.6. The van der Waals surface area contributed by atoms with E-state index >= 15 is 0 Å². The number of hydrogen-bond donors (Lipinski definition) is 1. The number of ether oxygens (including phenoxy) is 1. The molecule has 11 aromatic carbocycles. The van der Waals surface area contributed by atoms with Gasteiger partial charge in [-0.05, 0) is 183 Å². The topological polar surface area (TPSA) is 137 Å². The Morgan fingerprint density at radius 3 is 0.918 bits per heavy atom. The van der Waals surface area contributed by atoms with E-state index < -0.39 is 5.97 Å². The minimum atomic E-state index is -0.990. The van der Waals surface area contributed by atoms with Crippen LogP contribution in [0.5, 0.6) is 11.5 Å². The maximum absolute atomic E-state index is 10.1. The van der Waals surface area contributed by atoms with Gasteiger partial charge in [-0.1, -0.05) is 261 Å². The Kier molecular flexibility index (Phi) is 50.2. The molecule has 5 radical (unpaired) electrons. The first-order valence-corrected chi connectivity index (χ1v) is 44.3. The van der Waals surface area contributed by atoms with Crippen molar-refractivity contribution >= 4 is 5.97 Å². The standard InChI is InChI=1S/C45H52NO.2C17H12N.C12H10N.2C11H8N.C6H5NO2.5Ir/c1-5-9-11-16-34(7-3)36-21-25-38(26-22-36)41-30-42(39-27-23-37(24-28-39)35(8-4)17-12-10-6-2)33-44(32-41)47-43-19-15-18-40(31-43)45-20-13-14-29-46-45;2*1-2-7-14(8-3-1)15-9-6-10-16(13-15)17-11-4-5-12-18-17;1-10-5-4-6-11(9-10)12-7-2-3-8-13-12;2*1-2-6-10(7-3-1)11-8-4-5-9-12-11;8-6(9)5-3-1-2-4-7-5;;;;;/h13-15,19-35H,5-12,16-17H2,1-4H3;2*1-9,11-13H;2-5,7-9H,1H3;2*1-6,8-9H;1-4H,(H,8,9);;;;;/q6*-1;;;;;;. The molecule has 0 fully saturated rings. The molecule has 0 saturated heterocycles. The van der Waals surface area contributed by atoms with Gasteiger partial charge in [0.05, 0.1) is 0 Å². The molecular weight excluding hydrogens is 2540 g/mol. The summed E-state index contributed by atoms with van der Waals surface area (Å²) in [7, 11) is 0. The molecule has 7 heterocycles. The van der Waals surface area contributed by atoms with Crippen LogP contribution in [0.2, 0.25) is 0 Å². The van der Waals surface area contributed by atoms with Crippen molar-refractivity contribution in [1.82, 2.24) is 34.9 Å². The molecule has 0 aliphatic heterocycles. The molecule has 687 valence electrons. The van der Waals surface area contributed by atoms with Crippen molar-refractivity contribution in [1.29, 1.82) is 0 Å². The molecule has 10 nitrogen and oxygen atoms in total. The van der Waals surface area contributed by atoms with Crippen LogP contribution in [0.3, 0.4) is 0 Å². The number of aryl methyl sites for hydroxylation is 1. The van der Waals surface area contributed by atoms with E-state index in [4.69, 9.17) is 9.84 Å². The average Bonchev–Trinajstić information content (AvgIpc) is 0.795. The molecule has 2 atom stereocenters. The summed E-state index contributed by atoms with van der Waals surface area (Å²) in [5.74, 6) is 1.85. The summed E-state index contributed by atoms with van der Waals surface area (Å²) in [5, 5.41) is 8.32. The summed E-state index contributed by atoms with van der Waals surface area (Å²) in [6, 6.07) is 145. The fourth-order valence-corrected chi connectivity index (χ4v) is 14.5. The number of carbonyl (C=O) groups is 1. The number of benzene rings is 11. The summed E-state index contributed by atoms with van der Waals surface area (Å²) < 4.78 is 6.59. The second kappa shape index (κ2) is 61.7. The summed E-state index contributed by atoms with van der Waals surface area (Å²) >= 11 is 0. The molecule has 134 heavy (non-hydrogen) atoms. The van der Waals surface area contributed by atoms with Gasteiger partial charge in [-0.15, -0.1) is 208 Å². The van der Waals surface area contributed by atoms with Crippen molar-refractivity contribution in [3.8, 4) is 124 Å². The van der Waals surface area contributed by atoms with Gasteiger partial charge in [-0.2, -0.15) is 0 Å². The Morgan fingerprint density at radius 1 is 0.276 bits per heavy atom. The molecule has 1 N–H and O–H groups in total. The van der Waals surface area contributed by atoms with E-state index in [0.29, 0.717) is 11.8 Å². The third-order valence-electron chi connectivity index (χ3n) is 21.4. The van der Waals surface area contributed by atoms with Crippen LogP contribution < -0.4 is 4.74 Å². The molecule has 15 heteroatoms. The monoisotopic (exact) mass is 2650 g/mol. The van der Waals surface area contributed by atoms with Gasteiger partial charge in [0.2, 0.25) is 0 Å². The normalized spacial score (nSPS) is 10.4. The van der Waals surface area contributed by atoms with E-state index in [9.17, 15) is 4.79 Å². The third-order valence-corrected chi connectivity index (χ3v) is 21.4. The number of unbranched alkanes of at least 4 members (excludes halogenated alkanes) is 4. The first-order valence-electron chi connectivity index (χ1n) is 44.3. The van der Waals surface area contributed by atoms with E-state index in [1.54, 1.807) is 43.1 Å². The van der Waals surface area contributed by atoms with Gasteiger partial charge >= 0.3 is 5.97 Å². The molecule has 18 aromatic rings. The number of pyridine rings is 7. The number of aromatic carboxylic acids is 1. The van der Waals surface area contributed by atoms with Crippen molar-refractivity contribution in [3.05, 3.63) is 478 Å². The van der Waals surface area contributed by atoms with Crippen LogP contribution in [0, 0.1) is 43.3 Å². The second-order valence-electron chi connectivity index (χ2n) is 30.6. The molecule has 2 unspecified atom stereocenters. The van der Waals surface area contributed by atoms with Crippen LogP contribution in [-0.2, 0) is 101 Å². The zero-order valence-corrected chi connectivity index (χ0v) is 87.6. The number of hydrogen-bond acceptors (Lipinski definition) is 9. The van der Waals surface area contributed by atoms with E-state index in [-0.39, 0.29) is 106 Å². The molecule has 18 rings (SSSR count). The molecule has 0 aliphatic carbocycles. The average molecular weight is 2640 g/mol. The summed E-state index contributed by atoms with van der Waals surface area (Å²) in [6.07, 6.45) is 24.9. The van der Waals surface area contributed by atoms with Gasteiger partial charge in [0.1, 0.15) is 11.4 Å². The third kappa shape index (κ3) is 35.7. The fourth-order valence-electron chi connectivity index (χ4n) is 14.5. The first kappa shape index (κ1) is 109. The molecule has 0 spiro atoms. The van der Waals surface area contributed by atoms with E-state index in [1.807, 2.05) is 243 Å². The van der Waals surface area contributed by atoms with Crippen LogP contribution in [0.15, 0.2) is 419 Å². The zero-order chi connectivity index (χ0) is 89.5. The predicted octanol–water partition coefficient (Wildman–Crippen LogP) is 31.0. The summed E-state index contributed by atoms with van der Waals surface area (Å²) in [6.45, 7) is 11.3. The van der Waals surface area contributed by atoms with Crippen molar-refractivity contribution in [2.75, 3.05) is 0 Å². The van der Waals surface area contributed by atoms with Gasteiger partial charge in [0.25, 0.3) is 0 Å². The Hall–Kier alpha value is -12.0. The van der Waals surface area contributed by atoms with Crippen LogP contribution >= 0.6 is 0 Å². The molecule has 0 saturated carbocycles. The van der Waals surface area contributed by atoms with Crippen molar-refractivity contribution < 1.29 is 115 Å². The van der Waals surface area contributed by atoms with Gasteiger partial charge in [0.15, 0.2) is 0 Å². The number of rotatable bonds is 25. The van der Waals surface area contributed by atoms with E-state index in [2.05, 4.69) is 227 Å². The van der Waals surface area contributed by atoms with Crippen LogP contribution in [0.25, 0.3) is 112 Å². The Bertz CT molecular complexity index is 5770. The van der Waals surface area contributed by atoms with Gasteiger partial charge in [-0.25, -0.2) is 9.78 Å². The first-order chi connectivity index (χ1) is 63.6. The SMILES string of the molecule is CCCCCC(CC)c1ccc(-c2cc(Oc3cc[c-]c(-c4ccccn4)c3)cc(-c3ccc(C(CC)CCCCC)cc3)c2)cc1.Cc1cc[c-]c(-c2ccccn2)c1.O=C(O)c1ccccn1.[Ir].[Ir].[Ir].[Ir].[Ir].[c-]1ccc(-c2ccccc2)cc1-c1ccccn1.[c-]1ccc(-c2ccccc2)cc1-c1ccccn1.[c-]1ccccc1-c1ccccn1.[c-]1ccccc1-c1ccccn1. The molecule has 7 aromatic heterocycles. The minimum Gasteiger partial charge on any atom is -0.477 e. The number of aromatic nitrogens is 7. The largest absolute Gasteiger partial charge is 0.477 e. The maximum Gasteiger partial charge on any atom is 0.354 e. The van der Waals surface area contributed by atoms with Crippen molar-refractivity contribution in [3.63, 3.8) is 0 Å². The van der Waals surface area contributed by atoms with Gasteiger partial charge in [0, 0.05) is 150 Å². The van der Waals surface area contributed by atoms with Gasteiger partial charge in [-0.3, -0.25) is 0 Å².